The van der Waals surface area contributed by atoms with Gasteiger partial charge in [-0.2, -0.15) is 0 Å². The minimum atomic E-state index is -0.334. The van der Waals surface area contributed by atoms with E-state index in [2.05, 4.69) is 5.32 Å². The lowest BCUT2D eigenvalue weighted by molar-refractivity contribution is -0.119. The van der Waals surface area contributed by atoms with Crippen LogP contribution in [0.1, 0.15) is 17.9 Å². The van der Waals surface area contributed by atoms with E-state index in [0.29, 0.717) is 23.6 Å². The van der Waals surface area contributed by atoms with Crippen LogP contribution >= 0.6 is 11.6 Å². The molecule has 1 amide bonds. The largest absolute Gasteiger partial charge is 0.355 e. The molecule has 1 unspecified atom stereocenters. The van der Waals surface area contributed by atoms with Crippen LogP contribution in [0.15, 0.2) is 18.2 Å². The number of amides is 1. The van der Waals surface area contributed by atoms with Gasteiger partial charge in [0.05, 0.1) is 0 Å². The standard InChI is InChI=1S/C10H9ClFNO/c11-7-1-2-8(9(12)4-7)6-3-10(14)13-5-6/h1-2,4,6H,3,5H2,(H,13,14). The Morgan fingerprint density at radius 3 is 2.86 bits per heavy atom. The first-order valence-electron chi connectivity index (χ1n) is 4.38. The Kier molecular flexibility index (Phi) is 2.42. The van der Waals surface area contributed by atoms with Crippen LogP contribution in [0.5, 0.6) is 0 Å². The molecular formula is C10H9ClFNO. The van der Waals surface area contributed by atoms with E-state index in [4.69, 9.17) is 11.6 Å². The van der Waals surface area contributed by atoms with Crippen molar-refractivity contribution >= 4 is 17.5 Å². The Bertz CT molecular complexity index is 380. The fourth-order valence-corrected chi connectivity index (χ4v) is 1.82. The van der Waals surface area contributed by atoms with Crippen molar-refractivity contribution in [2.24, 2.45) is 0 Å². The Balaban J connectivity index is 2.28. The van der Waals surface area contributed by atoms with E-state index in [1.807, 2.05) is 0 Å². The predicted molar refractivity (Wildman–Crippen MR) is 51.8 cm³/mol. The molecule has 1 saturated heterocycles. The fraction of sp³-hybridized carbons (Fsp3) is 0.300. The van der Waals surface area contributed by atoms with Gasteiger partial charge in [0.15, 0.2) is 0 Å². The molecule has 14 heavy (non-hydrogen) atoms. The van der Waals surface area contributed by atoms with Crippen molar-refractivity contribution in [1.29, 1.82) is 0 Å². The normalized spacial score (nSPS) is 21.0. The minimum Gasteiger partial charge on any atom is -0.355 e. The Labute approximate surface area is 86.1 Å². The van der Waals surface area contributed by atoms with Crippen molar-refractivity contribution < 1.29 is 9.18 Å². The molecule has 1 aromatic rings. The lowest BCUT2D eigenvalue weighted by Gasteiger charge is -2.08. The van der Waals surface area contributed by atoms with Crippen LogP contribution in [0.25, 0.3) is 0 Å². The molecule has 2 rings (SSSR count). The molecule has 0 aromatic heterocycles. The number of nitrogens with one attached hydrogen (secondary N) is 1. The van der Waals surface area contributed by atoms with Crippen LogP contribution in [0, 0.1) is 5.82 Å². The number of halogens is 2. The molecule has 0 bridgehead atoms. The highest BCUT2D eigenvalue weighted by Gasteiger charge is 2.25. The molecule has 74 valence electrons. The van der Waals surface area contributed by atoms with Gasteiger partial charge in [0.25, 0.3) is 0 Å². The molecule has 2 nitrogen and oxygen atoms in total. The molecule has 4 heteroatoms. The van der Waals surface area contributed by atoms with Crippen LogP contribution in [0.4, 0.5) is 4.39 Å². The average Bonchev–Trinajstić information content (AvgIpc) is 2.51. The van der Waals surface area contributed by atoms with Gasteiger partial charge in [0.2, 0.25) is 5.91 Å². The van der Waals surface area contributed by atoms with Crippen molar-refractivity contribution in [1.82, 2.24) is 5.32 Å². The molecule has 0 spiro atoms. The van der Waals surface area contributed by atoms with Crippen LogP contribution in [0.2, 0.25) is 5.02 Å². The molecule has 1 heterocycles. The molecule has 1 aliphatic heterocycles. The molecule has 0 aliphatic carbocycles. The van der Waals surface area contributed by atoms with Crippen LogP contribution in [0.3, 0.4) is 0 Å². The van der Waals surface area contributed by atoms with Gasteiger partial charge >= 0.3 is 0 Å². The summed E-state index contributed by atoms with van der Waals surface area (Å²) in [7, 11) is 0. The van der Waals surface area contributed by atoms with Crippen molar-refractivity contribution in [3.05, 3.63) is 34.6 Å². The van der Waals surface area contributed by atoms with Crippen LogP contribution < -0.4 is 5.32 Å². The van der Waals surface area contributed by atoms with Crippen LogP contribution in [-0.4, -0.2) is 12.5 Å². The van der Waals surface area contributed by atoms with Crippen molar-refractivity contribution in [3.63, 3.8) is 0 Å². The van der Waals surface area contributed by atoms with Gasteiger partial charge in [-0.3, -0.25) is 4.79 Å². The van der Waals surface area contributed by atoms with Gasteiger partial charge in [0, 0.05) is 23.9 Å². The summed E-state index contributed by atoms with van der Waals surface area (Å²) in [5.74, 6) is -0.414. The number of carbonyl (C=O) groups excluding carboxylic acids is 1. The predicted octanol–water partition coefficient (Wildman–Crippen LogP) is 2.08. The van der Waals surface area contributed by atoms with Gasteiger partial charge in [-0.1, -0.05) is 17.7 Å². The third-order valence-corrected chi connectivity index (χ3v) is 2.61. The van der Waals surface area contributed by atoms with E-state index >= 15 is 0 Å². The maximum Gasteiger partial charge on any atom is 0.220 e. The second-order valence-electron chi connectivity index (χ2n) is 3.37. The zero-order valence-electron chi connectivity index (χ0n) is 7.39. The van der Waals surface area contributed by atoms with E-state index in [9.17, 15) is 9.18 Å². The van der Waals surface area contributed by atoms with E-state index < -0.39 is 0 Å². The first-order valence-corrected chi connectivity index (χ1v) is 4.76. The summed E-state index contributed by atoms with van der Waals surface area (Å²) in [4.78, 5) is 10.9. The zero-order valence-corrected chi connectivity index (χ0v) is 8.14. The zero-order chi connectivity index (χ0) is 10.1. The second kappa shape index (κ2) is 3.58. The lowest BCUT2D eigenvalue weighted by Crippen LogP contribution is -2.13. The summed E-state index contributed by atoms with van der Waals surface area (Å²) in [6.45, 7) is 0.511. The third kappa shape index (κ3) is 1.73. The molecule has 0 radical (unpaired) electrons. The highest BCUT2D eigenvalue weighted by molar-refractivity contribution is 6.30. The summed E-state index contributed by atoms with van der Waals surface area (Å²) in [5, 5.41) is 3.05. The monoisotopic (exact) mass is 213 g/mol. The van der Waals surface area contributed by atoms with E-state index in [-0.39, 0.29) is 17.6 Å². The smallest absolute Gasteiger partial charge is 0.220 e. The SMILES string of the molecule is O=C1CC(c2ccc(Cl)cc2F)CN1. The Morgan fingerprint density at radius 1 is 1.50 bits per heavy atom. The average molecular weight is 214 g/mol. The summed E-state index contributed by atoms with van der Waals surface area (Å²) < 4.78 is 13.4. The molecular weight excluding hydrogens is 205 g/mol. The Morgan fingerprint density at radius 2 is 2.29 bits per heavy atom. The van der Waals surface area contributed by atoms with E-state index in [0.717, 1.165) is 0 Å². The van der Waals surface area contributed by atoms with Gasteiger partial charge in [-0.15, -0.1) is 0 Å². The number of hydrogen-bond donors (Lipinski definition) is 1. The molecule has 1 N–H and O–H groups in total. The van der Waals surface area contributed by atoms with Gasteiger partial charge in [-0.25, -0.2) is 4.39 Å². The molecule has 1 aliphatic rings. The summed E-state index contributed by atoms with van der Waals surface area (Å²) in [5.41, 5.74) is 0.563. The lowest BCUT2D eigenvalue weighted by atomic mass is 9.98. The molecule has 1 fully saturated rings. The number of rotatable bonds is 1. The summed E-state index contributed by atoms with van der Waals surface area (Å²) in [6, 6.07) is 4.56. The first-order chi connectivity index (χ1) is 6.66. The highest BCUT2D eigenvalue weighted by atomic mass is 35.5. The van der Waals surface area contributed by atoms with Crippen LogP contribution in [-0.2, 0) is 4.79 Å². The first kappa shape index (κ1) is 9.46. The number of hydrogen-bond acceptors (Lipinski definition) is 1. The third-order valence-electron chi connectivity index (χ3n) is 2.38. The minimum absolute atomic E-state index is 0.0237. The van der Waals surface area contributed by atoms with E-state index in [1.54, 1.807) is 12.1 Å². The molecule has 0 saturated carbocycles. The molecule has 1 atom stereocenters. The van der Waals surface area contributed by atoms with Gasteiger partial charge in [-0.05, 0) is 17.7 Å². The number of carbonyl (C=O) groups is 1. The summed E-state index contributed by atoms with van der Waals surface area (Å²) >= 11 is 5.63. The number of benzene rings is 1. The van der Waals surface area contributed by atoms with Crippen molar-refractivity contribution in [2.45, 2.75) is 12.3 Å². The second-order valence-corrected chi connectivity index (χ2v) is 3.81. The fourth-order valence-electron chi connectivity index (χ4n) is 1.66. The van der Waals surface area contributed by atoms with Gasteiger partial charge < -0.3 is 5.32 Å². The topological polar surface area (TPSA) is 29.1 Å². The highest BCUT2D eigenvalue weighted by Crippen LogP contribution is 2.26. The van der Waals surface area contributed by atoms with E-state index in [1.165, 1.54) is 6.07 Å². The van der Waals surface area contributed by atoms with Crippen molar-refractivity contribution in [2.75, 3.05) is 6.54 Å². The van der Waals surface area contributed by atoms with Gasteiger partial charge in [0.1, 0.15) is 5.82 Å². The molecule has 1 aromatic carbocycles. The quantitative estimate of drug-likeness (QED) is 0.761. The van der Waals surface area contributed by atoms with Crippen molar-refractivity contribution in [3.8, 4) is 0 Å². The summed E-state index contributed by atoms with van der Waals surface area (Å²) in [6.07, 6.45) is 0.360. The maximum absolute atomic E-state index is 13.4. The maximum atomic E-state index is 13.4. The Hall–Kier alpha value is -1.09.